The topological polar surface area (TPSA) is 3.24 Å². The molecule has 0 spiro atoms. The van der Waals surface area contributed by atoms with Gasteiger partial charge in [0.2, 0.25) is 0 Å². The molecule has 0 atom stereocenters. The van der Waals surface area contributed by atoms with Crippen LogP contribution in [-0.2, 0) is 6.42 Å². The molecule has 0 aliphatic heterocycles. The quantitative estimate of drug-likeness (QED) is 0.751. The maximum atomic E-state index is 13.0. The Hall–Kier alpha value is -0.570. The molecule has 0 saturated carbocycles. The molecule has 0 saturated heterocycles. The lowest BCUT2D eigenvalue weighted by molar-refractivity contribution is 0.626. The zero-order valence-electron chi connectivity index (χ0n) is 8.56. The molecule has 0 amide bonds. The van der Waals surface area contributed by atoms with E-state index in [0.717, 1.165) is 23.9 Å². The van der Waals surface area contributed by atoms with Crippen LogP contribution in [0.1, 0.15) is 12.0 Å². The molecule has 0 aliphatic rings. The summed E-state index contributed by atoms with van der Waals surface area (Å²) in [4.78, 5) is 1.95. The summed E-state index contributed by atoms with van der Waals surface area (Å²) in [5, 5.41) is 0.983. The summed E-state index contributed by atoms with van der Waals surface area (Å²) in [7, 11) is 3.87. The van der Waals surface area contributed by atoms with Crippen LogP contribution >= 0.6 is 15.9 Å². The van der Waals surface area contributed by atoms with Gasteiger partial charge in [-0.05, 0) is 30.5 Å². The Morgan fingerprint density at radius 2 is 2.07 bits per heavy atom. The number of rotatable bonds is 4. The highest BCUT2D eigenvalue weighted by molar-refractivity contribution is 9.09. The van der Waals surface area contributed by atoms with Crippen LogP contribution in [0.5, 0.6) is 0 Å². The Kier molecular flexibility index (Phi) is 4.39. The SMILES string of the molecule is CN(C)c1cc(F)ccc1CCCBr. The summed E-state index contributed by atoms with van der Waals surface area (Å²) < 4.78 is 13.0. The molecular weight excluding hydrogens is 245 g/mol. The molecule has 1 aromatic rings. The van der Waals surface area contributed by atoms with Crippen molar-refractivity contribution in [3.05, 3.63) is 29.6 Å². The molecule has 78 valence electrons. The van der Waals surface area contributed by atoms with E-state index in [4.69, 9.17) is 0 Å². The van der Waals surface area contributed by atoms with E-state index < -0.39 is 0 Å². The second-order valence-electron chi connectivity index (χ2n) is 3.46. The van der Waals surface area contributed by atoms with E-state index in [2.05, 4.69) is 15.9 Å². The first-order valence-corrected chi connectivity index (χ1v) is 5.79. The molecule has 1 nitrogen and oxygen atoms in total. The summed E-state index contributed by atoms with van der Waals surface area (Å²) >= 11 is 3.40. The summed E-state index contributed by atoms with van der Waals surface area (Å²) in [6.45, 7) is 0. The largest absolute Gasteiger partial charge is 0.377 e. The highest BCUT2D eigenvalue weighted by Crippen LogP contribution is 2.21. The first kappa shape index (κ1) is 11.5. The summed E-state index contributed by atoms with van der Waals surface area (Å²) in [6.07, 6.45) is 2.06. The molecule has 0 aromatic heterocycles. The molecule has 0 N–H and O–H groups in total. The van der Waals surface area contributed by atoms with Gasteiger partial charge in [-0.3, -0.25) is 0 Å². The van der Waals surface area contributed by atoms with Crippen LogP contribution in [0.4, 0.5) is 10.1 Å². The van der Waals surface area contributed by atoms with Crippen molar-refractivity contribution in [3.8, 4) is 0 Å². The molecule has 0 aliphatic carbocycles. The average Bonchev–Trinajstić information content (AvgIpc) is 2.15. The number of hydrogen-bond acceptors (Lipinski definition) is 1. The predicted octanol–water partition coefficient (Wildman–Crippen LogP) is 3.22. The smallest absolute Gasteiger partial charge is 0.125 e. The lowest BCUT2D eigenvalue weighted by Crippen LogP contribution is -2.11. The fourth-order valence-electron chi connectivity index (χ4n) is 1.42. The Balaban J connectivity index is 2.90. The van der Waals surface area contributed by atoms with Crippen LogP contribution in [0.25, 0.3) is 0 Å². The monoisotopic (exact) mass is 259 g/mol. The normalized spacial score (nSPS) is 10.3. The molecule has 0 bridgehead atoms. The summed E-state index contributed by atoms with van der Waals surface area (Å²) in [5.41, 5.74) is 2.18. The molecule has 1 rings (SSSR count). The minimum Gasteiger partial charge on any atom is -0.377 e. The molecule has 0 fully saturated rings. The van der Waals surface area contributed by atoms with Gasteiger partial charge >= 0.3 is 0 Å². The summed E-state index contributed by atoms with van der Waals surface area (Å²) in [5.74, 6) is -0.170. The van der Waals surface area contributed by atoms with Gasteiger partial charge in [-0.15, -0.1) is 0 Å². The first-order valence-electron chi connectivity index (χ1n) is 4.67. The summed E-state index contributed by atoms with van der Waals surface area (Å²) in [6, 6.07) is 4.98. The lowest BCUT2D eigenvalue weighted by Gasteiger charge is -2.17. The third-order valence-electron chi connectivity index (χ3n) is 2.11. The van der Waals surface area contributed by atoms with E-state index in [0.29, 0.717) is 0 Å². The Morgan fingerprint density at radius 3 is 2.64 bits per heavy atom. The third kappa shape index (κ3) is 2.98. The van der Waals surface area contributed by atoms with Crippen molar-refractivity contribution < 1.29 is 4.39 Å². The molecule has 3 heteroatoms. The number of anilines is 1. The van der Waals surface area contributed by atoms with Crippen molar-refractivity contribution in [1.29, 1.82) is 0 Å². The van der Waals surface area contributed by atoms with Gasteiger partial charge in [-0.2, -0.15) is 0 Å². The molecule has 0 radical (unpaired) electrons. The minimum atomic E-state index is -0.170. The minimum absolute atomic E-state index is 0.170. The van der Waals surface area contributed by atoms with Gasteiger partial charge in [0.25, 0.3) is 0 Å². The molecule has 0 heterocycles. The molecule has 14 heavy (non-hydrogen) atoms. The van der Waals surface area contributed by atoms with Crippen LogP contribution in [0, 0.1) is 5.82 Å². The van der Waals surface area contributed by atoms with Crippen LogP contribution < -0.4 is 4.90 Å². The van der Waals surface area contributed by atoms with E-state index in [1.54, 1.807) is 6.07 Å². The third-order valence-corrected chi connectivity index (χ3v) is 2.67. The number of benzene rings is 1. The van der Waals surface area contributed by atoms with E-state index in [1.165, 1.54) is 11.6 Å². The lowest BCUT2D eigenvalue weighted by atomic mass is 10.1. The number of alkyl halides is 1. The highest BCUT2D eigenvalue weighted by atomic mass is 79.9. The Morgan fingerprint density at radius 1 is 1.36 bits per heavy atom. The fraction of sp³-hybridized carbons (Fsp3) is 0.455. The van der Waals surface area contributed by atoms with Crippen LogP contribution in [0.3, 0.4) is 0 Å². The number of halogens is 2. The zero-order valence-corrected chi connectivity index (χ0v) is 10.1. The predicted molar refractivity (Wildman–Crippen MR) is 62.8 cm³/mol. The maximum absolute atomic E-state index is 13.0. The van der Waals surface area contributed by atoms with Crippen LogP contribution in [0.2, 0.25) is 0 Å². The van der Waals surface area contributed by atoms with Crippen molar-refractivity contribution in [2.45, 2.75) is 12.8 Å². The first-order chi connectivity index (χ1) is 6.65. The van der Waals surface area contributed by atoms with Crippen LogP contribution in [-0.4, -0.2) is 19.4 Å². The van der Waals surface area contributed by atoms with Gasteiger partial charge in [-0.25, -0.2) is 4.39 Å². The molecular formula is C11H15BrFN. The fourth-order valence-corrected chi connectivity index (χ4v) is 1.70. The van der Waals surface area contributed by atoms with Gasteiger partial charge in [0.1, 0.15) is 5.82 Å². The number of hydrogen-bond donors (Lipinski definition) is 0. The highest BCUT2D eigenvalue weighted by Gasteiger charge is 2.05. The van der Waals surface area contributed by atoms with Gasteiger partial charge in [0.15, 0.2) is 0 Å². The van der Waals surface area contributed by atoms with Crippen molar-refractivity contribution in [1.82, 2.24) is 0 Å². The zero-order chi connectivity index (χ0) is 10.6. The van der Waals surface area contributed by atoms with Gasteiger partial charge in [-0.1, -0.05) is 22.0 Å². The number of nitrogens with zero attached hydrogens (tertiary/aromatic N) is 1. The van der Waals surface area contributed by atoms with E-state index in [9.17, 15) is 4.39 Å². The Bertz CT molecular complexity index is 299. The second kappa shape index (κ2) is 5.35. The van der Waals surface area contributed by atoms with Crippen molar-refractivity contribution in [2.24, 2.45) is 0 Å². The molecule has 1 aromatic carbocycles. The maximum Gasteiger partial charge on any atom is 0.125 e. The molecule has 0 unspecified atom stereocenters. The standard InChI is InChI=1S/C11H15BrFN/c1-14(2)11-8-10(13)6-5-9(11)4-3-7-12/h5-6,8H,3-4,7H2,1-2H3. The second-order valence-corrected chi connectivity index (χ2v) is 4.25. The van der Waals surface area contributed by atoms with E-state index in [1.807, 2.05) is 25.1 Å². The van der Waals surface area contributed by atoms with Gasteiger partial charge < -0.3 is 4.90 Å². The van der Waals surface area contributed by atoms with Crippen molar-refractivity contribution >= 4 is 21.6 Å². The van der Waals surface area contributed by atoms with Crippen molar-refractivity contribution in [2.75, 3.05) is 24.3 Å². The van der Waals surface area contributed by atoms with Gasteiger partial charge in [0.05, 0.1) is 0 Å². The number of aryl methyl sites for hydroxylation is 1. The van der Waals surface area contributed by atoms with Crippen LogP contribution in [0.15, 0.2) is 18.2 Å². The van der Waals surface area contributed by atoms with Crippen molar-refractivity contribution in [3.63, 3.8) is 0 Å². The average molecular weight is 260 g/mol. The van der Waals surface area contributed by atoms with E-state index >= 15 is 0 Å². The Labute approximate surface area is 93.0 Å². The van der Waals surface area contributed by atoms with Gasteiger partial charge in [0, 0.05) is 25.1 Å². The van der Waals surface area contributed by atoms with E-state index in [-0.39, 0.29) is 5.82 Å².